The molecule has 0 unspecified atom stereocenters. The fraction of sp³-hybridized carbons (Fsp3) is 0.250. The number of phenolic OH excluding ortho intramolecular Hbond substituents is 1. The van der Waals surface area contributed by atoms with Gasteiger partial charge in [0, 0.05) is 36.3 Å². The zero-order valence-electron chi connectivity index (χ0n) is 12.9. The molecule has 0 atom stereocenters. The summed E-state index contributed by atoms with van der Waals surface area (Å²) in [7, 11) is 3.17. The largest absolute Gasteiger partial charge is 0.507 e. The van der Waals surface area contributed by atoms with Gasteiger partial charge in [0.25, 0.3) is 5.69 Å². The van der Waals surface area contributed by atoms with Gasteiger partial charge in [-0.25, -0.2) is 0 Å². The Labute approximate surface area is 133 Å². The van der Waals surface area contributed by atoms with E-state index in [1.165, 1.54) is 12.1 Å². The molecule has 0 aliphatic rings. The summed E-state index contributed by atoms with van der Waals surface area (Å²) in [6.45, 7) is 0.891. The van der Waals surface area contributed by atoms with Gasteiger partial charge in [-0.15, -0.1) is 0 Å². The normalized spacial score (nSPS) is 10.3. The number of nitrogens with one attached hydrogen (secondary N) is 1. The third kappa shape index (κ3) is 4.10. The molecule has 2 N–H and O–H groups in total. The van der Waals surface area contributed by atoms with Gasteiger partial charge in [0.15, 0.2) is 0 Å². The van der Waals surface area contributed by atoms with Crippen molar-refractivity contribution < 1.29 is 19.5 Å². The Kier molecular flexibility index (Phi) is 5.37. The van der Waals surface area contributed by atoms with Crippen LogP contribution >= 0.6 is 0 Å². The van der Waals surface area contributed by atoms with Crippen LogP contribution < -0.4 is 14.8 Å². The average molecular weight is 318 g/mol. The van der Waals surface area contributed by atoms with E-state index in [2.05, 4.69) is 5.32 Å². The zero-order valence-corrected chi connectivity index (χ0v) is 12.9. The summed E-state index contributed by atoms with van der Waals surface area (Å²) in [6, 6.07) is 9.56. The highest BCUT2D eigenvalue weighted by Gasteiger charge is 2.10. The predicted molar refractivity (Wildman–Crippen MR) is 84.9 cm³/mol. The first-order valence-corrected chi connectivity index (χ1v) is 6.93. The third-order valence-corrected chi connectivity index (χ3v) is 3.40. The second-order valence-corrected chi connectivity index (χ2v) is 4.85. The molecule has 0 radical (unpaired) electrons. The fourth-order valence-corrected chi connectivity index (χ4v) is 2.15. The van der Waals surface area contributed by atoms with Gasteiger partial charge in [0.2, 0.25) is 0 Å². The minimum atomic E-state index is -0.543. The highest BCUT2D eigenvalue weighted by atomic mass is 16.6. The van der Waals surface area contributed by atoms with Crippen LogP contribution in [0.5, 0.6) is 17.2 Å². The van der Waals surface area contributed by atoms with E-state index in [4.69, 9.17) is 9.47 Å². The molecule has 0 aromatic heterocycles. The minimum absolute atomic E-state index is 0.103. The predicted octanol–water partition coefficient (Wildman–Crippen LogP) is 2.61. The number of phenols is 1. The molecule has 122 valence electrons. The van der Waals surface area contributed by atoms with Gasteiger partial charge in [0.1, 0.15) is 17.2 Å². The molecule has 0 amide bonds. The maximum Gasteiger partial charge on any atom is 0.273 e. The van der Waals surface area contributed by atoms with Crippen molar-refractivity contribution in [2.75, 3.05) is 14.2 Å². The van der Waals surface area contributed by atoms with E-state index in [0.29, 0.717) is 30.2 Å². The Morgan fingerprint density at radius 2 is 1.78 bits per heavy atom. The Hall–Kier alpha value is -2.80. The lowest BCUT2D eigenvalue weighted by Crippen LogP contribution is -2.13. The minimum Gasteiger partial charge on any atom is -0.507 e. The summed E-state index contributed by atoms with van der Waals surface area (Å²) >= 11 is 0. The lowest BCUT2D eigenvalue weighted by molar-refractivity contribution is -0.384. The topological polar surface area (TPSA) is 93.9 Å². The van der Waals surface area contributed by atoms with Gasteiger partial charge in [-0.3, -0.25) is 10.1 Å². The number of non-ortho nitro benzene ring substituents is 1. The SMILES string of the molecule is COc1ccc(CNCc2ccc([N+](=O)[O-])cc2O)c(OC)c1. The van der Waals surface area contributed by atoms with Gasteiger partial charge in [-0.1, -0.05) is 6.07 Å². The van der Waals surface area contributed by atoms with Crippen LogP contribution in [0.15, 0.2) is 36.4 Å². The van der Waals surface area contributed by atoms with Crippen LogP contribution in [0.1, 0.15) is 11.1 Å². The summed E-state index contributed by atoms with van der Waals surface area (Å²) in [5, 5.41) is 23.6. The number of hydrogen-bond donors (Lipinski definition) is 2. The molecule has 2 aromatic rings. The quantitative estimate of drug-likeness (QED) is 0.602. The molecule has 0 saturated carbocycles. The van der Waals surface area contributed by atoms with Crippen LogP contribution in [0.4, 0.5) is 5.69 Å². The van der Waals surface area contributed by atoms with Crippen LogP contribution in [0.2, 0.25) is 0 Å². The van der Waals surface area contributed by atoms with E-state index in [1.807, 2.05) is 12.1 Å². The molecule has 7 nitrogen and oxygen atoms in total. The summed E-state index contributed by atoms with van der Waals surface area (Å²) < 4.78 is 10.5. The highest BCUT2D eigenvalue weighted by molar-refractivity contribution is 5.44. The van der Waals surface area contributed by atoms with E-state index in [1.54, 1.807) is 20.3 Å². The zero-order chi connectivity index (χ0) is 16.8. The Bertz CT molecular complexity index is 703. The number of ether oxygens (including phenoxy) is 2. The number of hydrogen-bond acceptors (Lipinski definition) is 6. The van der Waals surface area contributed by atoms with Crippen LogP contribution in [-0.4, -0.2) is 24.2 Å². The second kappa shape index (κ2) is 7.46. The molecule has 7 heteroatoms. The van der Waals surface area contributed by atoms with Crippen molar-refractivity contribution in [2.45, 2.75) is 13.1 Å². The molecule has 23 heavy (non-hydrogen) atoms. The molecular formula is C16H18N2O5. The second-order valence-electron chi connectivity index (χ2n) is 4.85. The van der Waals surface area contributed by atoms with Crippen molar-refractivity contribution in [2.24, 2.45) is 0 Å². The van der Waals surface area contributed by atoms with Crippen molar-refractivity contribution in [3.63, 3.8) is 0 Å². The van der Waals surface area contributed by atoms with Gasteiger partial charge in [-0.2, -0.15) is 0 Å². The lowest BCUT2D eigenvalue weighted by atomic mass is 10.1. The maximum absolute atomic E-state index is 10.6. The Morgan fingerprint density at radius 1 is 1.09 bits per heavy atom. The molecule has 2 aromatic carbocycles. The number of rotatable bonds is 7. The van der Waals surface area contributed by atoms with E-state index in [-0.39, 0.29) is 11.4 Å². The summed E-state index contributed by atoms with van der Waals surface area (Å²) in [5.41, 5.74) is 1.39. The van der Waals surface area contributed by atoms with Crippen molar-refractivity contribution in [1.29, 1.82) is 0 Å². The Balaban J connectivity index is 2.01. The number of methoxy groups -OCH3 is 2. The van der Waals surface area contributed by atoms with Crippen molar-refractivity contribution in [3.8, 4) is 17.2 Å². The first-order valence-electron chi connectivity index (χ1n) is 6.93. The van der Waals surface area contributed by atoms with Gasteiger partial charge in [-0.05, 0) is 12.1 Å². The van der Waals surface area contributed by atoms with E-state index < -0.39 is 4.92 Å². The van der Waals surface area contributed by atoms with Gasteiger partial charge >= 0.3 is 0 Å². The van der Waals surface area contributed by atoms with Crippen molar-refractivity contribution in [1.82, 2.24) is 5.32 Å². The van der Waals surface area contributed by atoms with Crippen LogP contribution in [0.25, 0.3) is 0 Å². The number of nitro groups is 1. The summed E-state index contributed by atoms with van der Waals surface area (Å²) in [4.78, 5) is 10.1. The number of nitrogens with zero attached hydrogens (tertiary/aromatic N) is 1. The molecule has 0 fully saturated rings. The number of aromatic hydroxyl groups is 1. The highest BCUT2D eigenvalue weighted by Crippen LogP contribution is 2.25. The van der Waals surface area contributed by atoms with Gasteiger partial charge in [0.05, 0.1) is 25.2 Å². The Morgan fingerprint density at radius 3 is 2.39 bits per heavy atom. The molecular weight excluding hydrogens is 300 g/mol. The fourth-order valence-electron chi connectivity index (χ4n) is 2.15. The standard InChI is InChI=1S/C16H18N2O5/c1-22-14-6-4-12(16(8-14)23-2)10-17-9-11-3-5-13(18(20)21)7-15(11)19/h3-8,17,19H,9-10H2,1-2H3. The van der Waals surface area contributed by atoms with Crippen LogP contribution in [0.3, 0.4) is 0 Å². The first kappa shape index (κ1) is 16.6. The maximum atomic E-state index is 10.6. The van der Waals surface area contributed by atoms with Crippen molar-refractivity contribution in [3.05, 3.63) is 57.6 Å². The molecule has 0 aliphatic heterocycles. The lowest BCUT2D eigenvalue weighted by Gasteiger charge is -2.12. The monoisotopic (exact) mass is 318 g/mol. The summed E-state index contributed by atoms with van der Waals surface area (Å²) in [6.07, 6.45) is 0. The first-order chi connectivity index (χ1) is 11.0. The third-order valence-electron chi connectivity index (χ3n) is 3.40. The molecule has 2 rings (SSSR count). The summed E-state index contributed by atoms with van der Waals surface area (Å²) in [5.74, 6) is 1.30. The molecule has 0 spiro atoms. The average Bonchev–Trinajstić information content (AvgIpc) is 2.56. The van der Waals surface area contributed by atoms with Crippen LogP contribution in [-0.2, 0) is 13.1 Å². The van der Waals surface area contributed by atoms with E-state index in [0.717, 1.165) is 11.6 Å². The van der Waals surface area contributed by atoms with E-state index >= 15 is 0 Å². The molecule has 0 heterocycles. The number of nitro benzene ring substituents is 1. The van der Waals surface area contributed by atoms with Crippen molar-refractivity contribution >= 4 is 5.69 Å². The van der Waals surface area contributed by atoms with Gasteiger partial charge < -0.3 is 19.9 Å². The molecule has 0 saturated heterocycles. The molecule has 0 aliphatic carbocycles. The van der Waals surface area contributed by atoms with Crippen LogP contribution in [0, 0.1) is 10.1 Å². The number of benzene rings is 2. The molecule has 0 bridgehead atoms. The van der Waals surface area contributed by atoms with E-state index in [9.17, 15) is 15.2 Å². The smallest absolute Gasteiger partial charge is 0.273 e.